The van der Waals surface area contributed by atoms with Crippen LogP contribution in [0.4, 0.5) is 0 Å². The summed E-state index contributed by atoms with van der Waals surface area (Å²) in [6.45, 7) is 3.21. The molecule has 6 nitrogen and oxygen atoms in total. The molecular weight excluding hydrogens is 386 g/mol. The van der Waals surface area contributed by atoms with Crippen LogP contribution in [0.15, 0.2) is 42.5 Å². The fourth-order valence-electron chi connectivity index (χ4n) is 3.38. The van der Waals surface area contributed by atoms with E-state index in [-0.39, 0.29) is 23.8 Å². The number of likely N-dealkylation sites (tertiary alicyclic amines) is 1. The number of nitrogens with one attached hydrogen (secondary N) is 2. The highest BCUT2D eigenvalue weighted by atomic mass is 32.1. The SMILES string of the molecule is CC(=O)NCc1ccc(C(=O)N2CCC(NC(=O)CCc3ccccc3)CC2)s1. The van der Waals surface area contributed by atoms with Crippen molar-refractivity contribution in [2.75, 3.05) is 13.1 Å². The topological polar surface area (TPSA) is 78.5 Å². The third kappa shape index (κ3) is 6.42. The van der Waals surface area contributed by atoms with Crippen molar-refractivity contribution in [2.45, 2.75) is 45.2 Å². The molecule has 1 aliphatic heterocycles. The molecule has 1 aromatic carbocycles. The standard InChI is InChI=1S/C22H27N3O3S/c1-16(26)23-15-19-8-9-20(29-19)22(28)25-13-11-18(12-14-25)24-21(27)10-7-17-5-3-2-4-6-17/h2-6,8-9,18H,7,10-15H2,1H3,(H,23,26)(H,24,27). The van der Waals surface area contributed by atoms with Gasteiger partial charge in [0.15, 0.2) is 0 Å². The molecule has 0 unspecified atom stereocenters. The van der Waals surface area contributed by atoms with E-state index in [1.165, 1.54) is 18.3 Å². The zero-order chi connectivity index (χ0) is 20.6. The van der Waals surface area contributed by atoms with Crippen LogP contribution in [-0.2, 0) is 22.6 Å². The lowest BCUT2D eigenvalue weighted by atomic mass is 10.0. The third-order valence-corrected chi connectivity index (χ3v) is 6.09. The number of carbonyl (C=O) groups is 3. The second-order valence-electron chi connectivity index (χ2n) is 7.30. The van der Waals surface area contributed by atoms with Gasteiger partial charge in [0.05, 0.1) is 11.4 Å². The van der Waals surface area contributed by atoms with Crippen molar-refractivity contribution in [1.82, 2.24) is 15.5 Å². The van der Waals surface area contributed by atoms with E-state index >= 15 is 0 Å². The van der Waals surface area contributed by atoms with Gasteiger partial charge in [-0.2, -0.15) is 0 Å². The van der Waals surface area contributed by atoms with E-state index in [0.717, 1.165) is 29.7 Å². The van der Waals surface area contributed by atoms with Crippen molar-refractivity contribution in [3.05, 3.63) is 57.8 Å². The van der Waals surface area contributed by atoms with Crippen molar-refractivity contribution in [3.63, 3.8) is 0 Å². The van der Waals surface area contributed by atoms with Crippen molar-refractivity contribution in [1.29, 1.82) is 0 Å². The predicted octanol–water partition coefficient (Wildman–Crippen LogP) is 2.74. The van der Waals surface area contributed by atoms with Gasteiger partial charge in [-0.1, -0.05) is 30.3 Å². The minimum Gasteiger partial charge on any atom is -0.353 e. The number of benzene rings is 1. The summed E-state index contributed by atoms with van der Waals surface area (Å²) in [5.74, 6) is 0.0107. The smallest absolute Gasteiger partial charge is 0.263 e. The molecule has 0 atom stereocenters. The maximum Gasteiger partial charge on any atom is 0.263 e. The average Bonchev–Trinajstić information content (AvgIpc) is 3.21. The number of nitrogens with zero attached hydrogens (tertiary/aromatic N) is 1. The van der Waals surface area contributed by atoms with Crippen molar-refractivity contribution in [3.8, 4) is 0 Å². The Kier molecular flexibility index (Phi) is 7.41. The minimum absolute atomic E-state index is 0.0259. The summed E-state index contributed by atoms with van der Waals surface area (Å²) in [5, 5.41) is 5.85. The van der Waals surface area contributed by atoms with Crippen LogP contribution in [0.2, 0.25) is 0 Å². The van der Waals surface area contributed by atoms with Gasteiger partial charge in [-0.25, -0.2) is 0 Å². The van der Waals surface area contributed by atoms with Gasteiger partial charge in [0, 0.05) is 37.4 Å². The van der Waals surface area contributed by atoms with E-state index in [0.29, 0.717) is 30.9 Å². The molecule has 29 heavy (non-hydrogen) atoms. The number of aryl methyl sites for hydroxylation is 1. The van der Waals surface area contributed by atoms with E-state index in [1.807, 2.05) is 47.4 Å². The molecule has 0 aliphatic carbocycles. The Bertz CT molecular complexity index is 842. The Labute approximate surface area is 175 Å². The van der Waals surface area contributed by atoms with Crippen LogP contribution >= 0.6 is 11.3 Å². The minimum atomic E-state index is -0.0841. The highest BCUT2D eigenvalue weighted by Crippen LogP contribution is 2.21. The summed E-state index contributed by atoms with van der Waals surface area (Å²) >= 11 is 1.42. The molecule has 0 spiro atoms. The summed E-state index contributed by atoms with van der Waals surface area (Å²) in [7, 11) is 0. The van der Waals surface area contributed by atoms with Gasteiger partial charge in [-0.05, 0) is 37.0 Å². The molecule has 0 saturated carbocycles. The Morgan fingerprint density at radius 1 is 1.07 bits per heavy atom. The monoisotopic (exact) mass is 413 g/mol. The van der Waals surface area contributed by atoms with Crippen LogP contribution < -0.4 is 10.6 Å². The van der Waals surface area contributed by atoms with Crippen molar-refractivity contribution >= 4 is 29.1 Å². The number of piperidine rings is 1. The van der Waals surface area contributed by atoms with Gasteiger partial charge in [0.25, 0.3) is 5.91 Å². The zero-order valence-corrected chi connectivity index (χ0v) is 17.5. The lowest BCUT2D eigenvalue weighted by Crippen LogP contribution is -2.46. The van der Waals surface area contributed by atoms with Gasteiger partial charge in [0.1, 0.15) is 0 Å². The molecule has 0 radical (unpaired) electrons. The molecule has 2 heterocycles. The molecule has 1 aliphatic rings. The van der Waals surface area contributed by atoms with Crippen LogP contribution in [-0.4, -0.2) is 41.8 Å². The van der Waals surface area contributed by atoms with Crippen molar-refractivity contribution < 1.29 is 14.4 Å². The van der Waals surface area contributed by atoms with Crippen LogP contribution in [0.5, 0.6) is 0 Å². The fourth-order valence-corrected chi connectivity index (χ4v) is 4.30. The first-order valence-corrected chi connectivity index (χ1v) is 10.8. The number of rotatable bonds is 7. The number of carbonyl (C=O) groups excluding carboxylic acids is 3. The predicted molar refractivity (Wildman–Crippen MR) is 114 cm³/mol. The molecule has 3 rings (SSSR count). The first kappa shape index (κ1) is 21.0. The Morgan fingerprint density at radius 3 is 2.48 bits per heavy atom. The summed E-state index contributed by atoms with van der Waals surface area (Å²) in [6, 6.07) is 13.8. The van der Waals surface area contributed by atoms with E-state index in [1.54, 1.807) is 0 Å². The molecule has 7 heteroatoms. The second kappa shape index (κ2) is 10.2. The van der Waals surface area contributed by atoms with E-state index in [2.05, 4.69) is 10.6 Å². The fraction of sp³-hybridized carbons (Fsp3) is 0.409. The molecule has 0 bridgehead atoms. The van der Waals surface area contributed by atoms with Gasteiger partial charge >= 0.3 is 0 Å². The summed E-state index contributed by atoms with van der Waals surface area (Å²) in [4.78, 5) is 39.4. The van der Waals surface area contributed by atoms with Crippen LogP contribution in [0.1, 0.15) is 46.3 Å². The van der Waals surface area contributed by atoms with Gasteiger partial charge in [-0.3, -0.25) is 14.4 Å². The molecule has 3 amide bonds. The molecule has 2 aromatic rings. The quantitative estimate of drug-likeness (QED) is 0.733. The normalized spacial score (nSPS) is 14.4. The molecule has 1 fully saturated rings. The van der Waals surface area contributed by atoms with Crippen LogP contribution in [0, 0.1) is 0 Å². The molecule has 154 valence electrons. The van der Waals surface area contributed by atoms with E-state index in [4.69, 9.17) is 0 Å². The summed E-state index contributed by atoms with van der Waals surface area (Å²) in [6.07, 6.45) is 2.76. The summed E-state index contributed by atoms with van der Waals surface area (Å²) in [5.41, 5.74) is 1.16. The zero-order valence-electron chi connectivity index (χ0n) is 16.6. The number of hydrogen-bond donors (Lipinski definition) is 2. The van der Waals surface area contributed by atoms with Crippen LogP contribution in [0.3, 0.4) is 0 Å². The third-order valence-electron chi connectivity index (χ3n) is 5.01. The maximum atomic E-state index is 12.7. The molecule has 1 saturated heterocycles. The molecular formula is C22H27N3O3S. The number of hydrogen-bond acceptors (Lipinski definition) is 4. The van der Waals surface area contributed by atoms with E-state index < -0.39 is 0 Å². The first-order valence-electron chi connectivity index (χ1n) is 9.97. The Morgan fingerprint density at radius 2 is 1.79 bits per heavy atom. The van der Waals surface area contributed by atoms with Crippen molar-refractivity contribution in [2.24, 2.45) is 0 Å². The lowest BCUT2D eigenvalue weighted by Gasteiger charge is -2.32. The largest absolute Gasteiger partial charge is 0.353 e. The highest BCUT2D eigenvalue weighted by Gasteiger charge is 2.25. The van der Waals surface area contributed by atoms with Gasteiger partial charge < -0.3 is 15.5 Å². The lowest BCUT2D eigenvalue weighted by molar-refractivity contribution is -0.122. The van der Waals surface area contributed by atoms with Gasteiger partial charge in [0.2, 0.25) is 11.8 Å². The Balaban J connectivity index is 1.41. The first-order chi connectivity index (χ1) is 14.0. The van der Waals surface area contributed by atoms with E-state index in [9.17, 15) is 14.4 Å². The molecule has 2 N–H and O–H groups in total. The Hall–Kier alpha value is -2.67. The molecule has 1 aromatic heterocycles. The highest BCUT2D eigenvalue weighted by molar-refractivity contribution is 7.14. The number of amides is 3. The van der Waals surface area contributed by atoms with Gasteiger partial charge in [-0.15, -0.1) is 11.3 Å². The van der Waals surface area contributed by atoms with Crippen LogP contribution in [0.25, 0.3) is 0 Å². The maximum absolute atomic E-state index is 12.7. The average molecular weight is 414 g/mol. The second-order valence-corrected chi connectivity index (χ2v) is 8.46. The summed E-state index contributed by atoms with van der Waals surface area (Å²) < 4.78 is 0. The number of thiophene rings is 1.